The van der Waals surface area contributed by atoms with Crippen LogP contribution >= 0.6 is 0 Å². The van der Waals surface area contributed by atoms with E-state index in [4.69, 9.17) is 9.84 Å². The molecule has 21 heavy (non-hydrogen) atoms. The second-order valence-corrected chi connectivity index (χ2v) is 4.65. The summed E-state index contributed by atoms with van der Waals surface area (Å²) >= 11 is 0. The Labute approximate surface area is 123 Å². The van der Waals surface area contributed by atoms with Crippen molar-refractivity contribution in [2.45, 2.75) is 25.4 Å². The minimum Gasteiger partial charge on any atom is -0.480 e. The monoisotopic (exact) mass is 295 g/mol. The number of urea groups is 1. The Morgan fingerprint density at radius 3 is 2.81 bits per heavy atom. The summed E-state index contributed by atoms with van der Waals surface area (Å²) in [7, 11) is 3.15. The average molecular weight is 295 g/mol. The number of methoxy groups -OCH3 is 1. The lowest BCUT2D eigenvalue weighted by Gasteiger charge is -2.21. The van der Waals surface area contributed by atoms with Crippen molar-refractivity contribution in [1.82, 2.24) is 15.2 Å². The van der Waals surface area contributed by atoms with Crippen LogP contribution < -0.4 is 5.32 Å². The first-order valence-electron chi connectivity index (χ1n) is 6.68. The highest BCUT2D eigenvalue weighted by atomic mass is 16.5. The zero-order valence-electron chi connectivity index (χ0n) is 12.3. The predicted molar refractivity (Wildman–Crippen MR) is 76.8 cm³/mol. The molecule has 1 aromatic rings. The van der Waals surface area contributed by atoms with Gasteiger partial charge in [0.15, 0.2) is 0 Å². The first-order valence-corrected chi connectivity index (χ1v) is 6.68. The second-order valence-electron chi connectivity index (χ2n) is 4.65. The van der Waals surface area contributed by atoms with Crippen molar-refractivity contribution < 1.29 is 19.4 Å². The normalized spacial score (nSPS) is 11.7. The number of nitrogens with zero attached hydrogens (tertiary/aromatic N) is 2. The highest BCUT2D eigenvalue weighted by Gasteiger charge is 2.21. The Balaban J connectivity index is 2.50. The van der Waals surface area contributed by atoms with Crippen LogP contribution in [-0.4, -0.2) is 53.8 Å². The number of aromatic nitrogens is 1. The van der Waals surface area contributed by atoms with Gasteiger partial charge in [0.2, 0.25) is 0 Å². The topological polar surface area (TPSA) is 91.8 Å². The van der Waals surface area contributed by atoms with Crippen LogP contribution in [0.25, 0.3) is 0 Å². The van der Waals surface area contributed by atoms with E-state index in [-0.39, 0.29) is 0 Å². The van der Waals surface area contributed by atoms with Crippen LogP contribution in [0.2, 0.25) is 0 Å². The van der Waals surface area contributed by atoms with Gasteiger partial charge in [0.25, 0.3) is 0 Å². The minimum absolute atomic E-state index is 0.317. The highest BCUT2D eigenvalue weighted by Crippen LogP contribution is 2.02. The third kappa shape index (κ3) is 6.22. The van der Waals surface area contributed by atoms with Crippen LogP contribution in [-0.2, 0) is 16.1 Å². The van der Waals surface area contributed by atoms with Gasteiger partial charge in [-0.05, 0) is 25.0 Å². The van der Waals surface area contributed by atoms with Crippen LogP contribution in [0.1, 0.15) is 18.5 Å². The number of carbonyl (C=O) groups excluding carboxylic acids is 1. The Bertz CT molecular complexity index is 453. The zero-order valence-corrected chi connectivity index (χ0v) is 12.3. The number of nitrogens with one attached hydrogen (secondary N) is 1. The number of carbonyl (C=O) groups is 2. The quantitative estimate of drug-likeness (QED) is 0.701. The second kappa shape index (κ2) is 8.91. The molecule has 7 nitrogen and oxygen atoms in total. The molecule has 1 rings (SSSR count). The van der Waals surface area contributed by atoms with E-state index in [0.717, 1.165) is 5.69 Å². The molecule has 0 radical (unpaired) electrons. The maximum Gasteiger partial charge on any atom is 0.326 e. The summed E-state index contributed by atoms with van der Waals surface area (Å²) in [5.74, 6) is -1.05. The van der Waals surface area contributed by atoms with Crippen LogP contribution in [0, 0.1) is 0 Å². The van der Waals surface area contributed by atoms with Crippen molar-refractivity contribution in [1.29, 1.82) is 0 Å². The molecule has 0 saturated carbocycles. The number of aliphatic carboxylic acids is 1. The highest BCUT2D eigenvalue weighted by molar-refractivity contribution is 5.82. The minimum atomic E-state index is -1.05. The van der Waals surface area contributed by atoms with Gasteiger partial charge in [-0.2, -0.15) is 0 Å². The first kappa shape index (κ1) is 16.9. The molecule has 2 N–H and O–H groups in total. The summed E-state index contributed by atoms with van der Waals surface area (Å²) < 4.78 is 4.88. The van der Waals surface area contributed by atoms with E-state index in [2.05, 4.69) is 10.3 Å². The van der Waals surface area contributed by atoms with Crippen molar-refractivity contribution in [3.63, 3.8) is 0 Å². The lowest BCUT2D eigenvalue weighted by atomic mass is 10.1. The third-order valence-corrected chi connectivity index (χ3v) is 2.91. The van der Waals surface area contributed by atoms with Crippen LogP contribution in [0.3, 0.4) is 0 Å². The van der Waals surface area contributed by atoms with Crippen LogP contribution in [0.5, 0.6) is 0 Å². The molecular weight excluding hydrogens is 274 g/mol. The van der Waals surface area contributed by atoms with Crippen molar-refractivity contribution in [2.24, 2.45) is 0 Å². The largest absolute Gasteiger partial charge is 0.480 e. The molecule has 7 heteroatoms. The maximum absolute atomic E-state index is 12.0. The Kier molecular flexibility index (Phi) is 7.17. The van der Waals surface area contributed by atoms with Gasteiger partial charge in [-0.25, -0.2) is 9.59 Å². The Hall–Kier alpha value is -2.15. The molecule has 0 spiro atoms. The number of hydrogen-bond donors (Lipinski definition) is 2. The number of ether oxygens (including phenoxy) is 1. The van der Waals surface area contributed by atoms with Gasteiger partial charge in [0, 0.05) is 27.0 Å². The molecule has 0 aliphatic rings. The van der Waals surface area contributed by atoms with Crippen molar-refractivity contribution in [3.8, 4) is 0 Å². The van der Waals surface area contributed by atoms with Gasteiger partial charge in [0.1, 0.15) is 6.04 Å². The Morgan fingerprint density at radius 1 is 1.48 bits per heavy atom. The molecule has 1 unspecified atom stereocenters. The summed E-state index contributed by atoms with van der Waals surface area (Å²) in [6.45, 7) is 0.778. The predicted octanol–water partition coefficient (Wildman–Crippen LogP) is 1.10. The first-order chi connectivity index (χ1) is 10.0. The zero-order chi connectivity index (χ0) is 15.7. The molecule has 1 aromatic heterocycles. The molecular formula is C14H21N3O4. The number of rotatable bonds is 8. The van der Waals surface area contributed by atoms with Crippen molar-refractivity contribution in [2.75, 3.05) is 20.8 Å². The van der Waals surface area contributed by atoms with Gasteiger partial charge in [0.05, 0.1) is 12.2 Å². The van der Waals surface area contributed by atoms with Gasteiger partial charge < -0.3 is 20.1 Å². The lowest BCUT2D eigenvalue weighted by Crippen LogP contribution is -2.46. The van der Waals surface area contributed by atoms with Gasteiger partial charge in [-0.15, -0.1) is 0 Å². The maximum atomic E-state index is 12.0. The molecule has 0 aliphatic heterocycles. The fourth-order valence-corrected chi connectivity index (χ4v) is 1.75. The third-order valence-electron chi connectivity index (χ3n) is 2.91. The molecule has 0 aliphatic carbocycles. The standard InChI is InChI=1S/C14H21N3O4/c1-17(10-11-6-3-4-8-15-11)14(20)16-12(13(18)19)7-5-9-21-2/h3-4,6,8,12H,5,7,9-10H2,1-2H3,(H,16,20)(H,18,19). The number of carboxylic acids is 1. The summed E-state index contributed by atoms with van der Waals surface area (Å²) in [4.78, 5) is 28.6. The fraction of sp³-hybridized carbons (Fsp3) is 0.500. The molecule has 116 valence electrons. The van der Waals surface area contributed by atoms with Crippen molar-refractivity contribution in [3.05, 3.63) is 30.1 Å². The number of amides is 2. The van der Waals surface area contributed by atoms with Gasteiger partial charge in [-0.1, -0.05) is 6.07 Å². The molecule has 0 aromatic carbocycles. The Morgan fingerprint density at radius 2 is 2.24 bits per heavy atom. The fourth-order valence-electron chi connectivity index (χ4n) is 1.75. The summed E-state index contributed by atoms with van der Waals surface area (Å²) in [5, 5.41) is 11.6. The van der Waals surface area contributed by atoms with E-state index >= 15 is 0 Å². The summed E-state index contributed by atoms with van der Waals surface area (Å²) in [6, 6.07) is 4.07. The van der Waals surface area contributed by atoms with Gasteiger partial charge >= 0.3 is 12.0 Å². The van der Waals surface area contributed by atoms with Crippen LogP contribution in [0.4, 0.5) is 4.79 Å². The summed E-state index contributed by atoms with van der Waals surface area (Å²) in [5.41, 5.74) is 0.737. The summed E-state index contributed by atoms with van der Waals surface area (Å²) in [6.07, 6.45) is 2.54. The smallest absolute Gasteiger partial charge is 0.326 e. The van der Waals surface area contributed by atoms with E-state index in [1.165, 1.54) is 4.90 Å². The number of carboxylic acid groups (broad SMARTS) is 1. The van der Waals surface area contributed by atoms with E-state index in [1.807, 2.05) is 6.07 Å². The molecule has 1 atom stereocenters. The van der Waals surface area contributed by atoms with E-state index < -0.39 is 18.0 Å². The van der Waals surface area contributed by atoms with Crippen LogP contribution in [0.15, 0.2) is 24.4 Å². The average Bonchev–Trinajstić information content (AvgIpc) is 2.47. The van der Waals surface area contributed by atoms with Gasteiger partial charge in [-0.3, -0.25) is 4.98 Å². The van der Waals surface area contributed by atoms with E-state index in [0.29, 0.717) is 26.0 Å². The number of pyridine rings is 1. The molecule has 2 amide bonds. The molecule has 0 fully saturated rings. The molecule has 0 bridgehead atoms. The van der Waals surface area contributed by atoms with E-state index in [1.54, 1.807) is 32.5 Å². The van der Waals surface area contributed by atoms with E-state index in [9.17, 15) is 9.59 Å². The number of hydrogen-bond acceptors (Lipinski definition) is 4. The molecule has 0 saturated heterocycles. The van der Waals surface area contributed by atoms with Crippen molar-refractivity contribution >= 4 is 12.0 Å². The SMILES string of the molecule is COCCCC(NC(=O)N(C)Cc1ccccn1)C(=O)O. The molecule has 1 heterocycles. The lowest BCUT2D eigenvalue weighted by molar-refractivity contribution is -0.139.